The molecule has 0 aliphatic rings. The Balaban J connectivity index is 1.50. The van der Waals surface area contributed by atoms with Gasteiger partial charge in [0.25, 0.3) is 0 Å². The quantitative estimate of drug-likeness (QED) is 0.585. The predicted octanol–water partition coefficient (Wildman–Crippen LogP) is 4.42. The molecule has 2 heterocycles. The highest BCUT2D eigenvalue weighted by Crippen LogP contribution is 2.25. The Kier molecular flexibility index (Phi) is 4.26. The lowest BCUT2D eigenvalue weighted by Gasteiger charge is -2.06. The first-order chi connectivity index (χ1) is 12.6. The molecule has 0 fully saturated rings. The fourth-order valence-electron chi connectivity index (χ4n) is 2.89. The summed E-state index contributed by atoms with van der Waals surface area (Å²) in [5, 5.41) is 5.45. The first-order valence-electron chi connectivity index (χ1n) is 8.34. The summed E-state index contributed by atoms with van der Waals surface area (Å²) in [4.78, 5) is 21.5. The normalized spacial score (nSPS) is 11.0. The number of hydrogen-bond acceptors (Lipinski definition) is 4. The monoisotopic (exact) mass is 362 g/mol. The van der Waals surface area contributed by atoms with Gasteiger partial charge < -0.3 is 9.88 Å². The van der Waals surface area contributed by atoms with Crippen molar-refractivity contribution >= 4 is 33.4 Å². The maximum absolute atomic E-state index is 12.5. The smallest absolute Gasteiger partial charge is 0.246 e. The lowest BCUT2D eigenvalue weighted by atomic mass is 10.1. The van der Waals surface area contributed by atoms with Gasteiger partial charge in [0.1, 0.15) is 12.4 Å². The van der Waals surface area contributed by atoms with Crippen LogP contribution < -0.4 is 5.32 Å². The van der Waals surface area contributed by atoms with Crippen LogP contribution in [0.5, 0.6) is 0 Å². The Labute approximate surface area is 155 Å². The molecule has 2 aromatic carbocycles. The molecule has 0 aliphatic carbocycles. The summed E-state index contributed by atoms with van der Waals surface area (Å²) < 4.78 is 1.92. The van der Waals surface area contributed by atoms with Crippen LogP contribution >= 0.6 is 11.3 Å². The van der Waals surface area contributed by atoms with Gasteiger partial charge in [-0.15, -0.1) is 11.3 Å². The number of rotatable bonds is 4. The largest absolute Gasteiger partial charge is 0.319 e. The molecule has 5 nitrogen and oxygen atoms in total. The van der Waals surface area contributed by atoms with Crippen molar-refractivity contribution < 1.29 is 4.79 Å². The van der Waals surface area contributed by atoms with Gasteiger partial charge in [-0.05, 0) is 26.0 Å². The minimum absolute atomic E-state index is 0.110. The number of nitrogens with zero attached hydrogens (tertiary/aromatic N) is 3. The maximum Gasteiger partial charge on any atom is 0.246 e. The lowest BCUT2D eigenvalue weighted by Crippen LogP contribution is -2.19. The lowest BCUT2D eigenvalue weighted by molar-refractivity contribution is -0.116. The van der Waals surface area contributed by atoms with E-state index in [-0.39, 0.29) is 12.5 Å². The molecule has 0 radical (unpaired) electrons. The van der Waals surface area contributed by atoms with Crippen LogP contribution in [0.25, 0.3) is 22.3 Å². The molecule has 0 saturated carbocycles. The number of thiazole rings is 1. The highest BCUT2D eigenvalue weighted by Gasteiger charge is 2.12. The van der Waals surface area contributed by atoms with Gasteiger partial charge in [0.2, 0.25) is 5.91 Å². The molecular weight excluding hydrogens is 344 g/mol. The number of imidazole rings is 1. The van der Waals surface area contributed by atoms with Crippen LogP contribution in [0.15, 0.2) is 53.9 Å². The second-order valence-corrected chi connectivity index (χ2v) is 7.04. The van der Waals surface area contributed by atoms with E-state index in [2.05, 4.69) is 34.3 Å². The molecule has 130 valence electrons. The average molecular weight is 362 g/mol. The molecule has 26 heavy (non-hydrogen) atoms. The number of aromatic nitrogens is 3. The summed E-state index contributed by atoms with van der Waals surface area (Å²) in [6, 6.07) is 16.0. The summed E-state index contributed by atoms with van der Waals surface area (Å²) >= 11 is 1.43. The van der Waals surface area contributed by atoms with Crippen molar-refractivity contribution in [1.29, 1.82) is 0 Å². The van der Waals surface area contributed by atoms with Gasteiger partial charge >= 0.3 is 0 Å². The van der Waals surface area contributed by atoms with Gasteiger partial charge in [0.05, 0.1) is 16.7 Å². The topological polar surface area (TPSA) is 59.8 Å². The zero-order valence-corrected chi connectivity index (χ0v) is 15.4. The van der Waals surface area contributed by atoms with Crippen molar-refractivity contribution in [3.05, 3.63) is 65.3 Å². The van der Waals surface area contributed by atoms with Gasteiger partial charge in [-0.2, -0.15) is 0 Å². The van der Waals surface area contributed by atoms with Crippen LogP contribution in [0.1, 0.15) is 11.4 Å². The number of amides is 1. The Morgan fingerprint density at radius 2 is 1.85 bits per heavy atom. The molecule has 0 spiro atoms. The fraction of sp³-hybridized carbons (Fsp3) is 0.150. The van der Waals surface area contributed by atoms with Crippen LogP contribution in [0, 0.1) is 13.8 Å². The summed E-state index contributed by atoms with van der Waals surface area (Å²) in [6.45, 7) is 4.18. The molecule has 1 amide bonds. The molecule has 0 unspecified atom stereocenters. The van der Waals surface area contributed by atoms with Crippen molar-refractivity contribution in [2.45, 2.75) is 20.4 Å². The zero-order chi connectivity index (χ0) is 18.1. The van der Waals surface area contributed by atoms with E-state index in [1.54, 1.807) is 0 Å². The van der Waals surface area contributed by atoms with Crippen LogP contribution in [0.4, 0.5) is 5.13 Å². The third kappa shape index (κ3) is 3.23. The zero-order valence-electron chi connectivity index (χ0n) is 14.6. The van der Waals surface area contributed by atoms with E-state index in [1.165, 1.54) is 16.9 Å². The third-order valence-electron chi connectivity index (χ3n) is 4.24. The van der Waals surface area contributed by atoms with Crippen LogP contribution in [0.3, 0.4) is 0 Å². The average Bonchev–Trinajstić information content (AvgIpc) is 3.21. The molecule has 0 bridgehead atoms. The van der Waals surface area contributed by atoms with E-state index < -0.39 is 0 Å². The predicted molar refractivity (Wildman–Crippen MR) is 105 cm³/mol. The van der Waals surface area contributed by atoms with Gasteiger partial charge in [0, 0.05) is 10.9 Å². The maximum atomic E-state index is 12.5. The van der Waals surface area contributed by atoms with Crippen molar-refractivity contribution in [3.63, 3.8) is 0 Å². The highest BCUT2D eigenvalue weighted by atomic mass is 32.1. The molecule has 1 N–H and O–H groups in total. The number of anilines is 1. The van der Waals surface area contributed by atoms with Crippen LogP contribution in [-0.2, 0) is 11.3 Å². The Hall–Kier alpha value is -2.99. The molecule has 6 heteroatoms. The van der Waals surface area contributed by atoms with E-state index >= 15 is 0 Å². The molecule has 0 saturated heterocycles. The minimum Gasteiger partial charge on any atom is -0.319 e. The van der Waals surface area contributed by atoms with E-state index in [4.69, 9.17) is 0 Å². The summed E-state index contributed by atoms with van der Waals surface area (Å²) in [5.74, 6) is 0.710. The van der Waals surface area contributed by atoms with Crippen LogP contribution in [0.2, 0.25) is 0 Å². The first kappa shape index (κ1) is 16.5. The minimum atomic E-state index is -0.110. The van der Waals surface area contributed by atoms with E-state index in [9.17, 15) is 4.79 Å². The second-order valence-electron chi connectivity index (χ2n) is 6.19. The molecule has 2 aromatic heterocycles. The number of benzene rings is 2. The van der Waals surface area contributed by atoms with E-state index in [1.807, 2.05) is 53.3 Å². The number of carbonyl (C=O) groups is 1. The van der Waals surface area contributed by atoms with E-state index in [0.29, 0.717) is 5.13 Å². The van der Waals surface area contributed by atoms with Crippen molar-refractivity contribution in [2.24, 2.45) is 0 Å². The number of carbonyl (C=O) groups excluding carboxylic acids is 1. The van der Waals surface area contributed by atoms with Crippen LogP contribution in [-0.4, -0.2) is 20.4 Å². The van der Waals surface area contributed by atoms with Gasteiger partial charge in [0.15, 0.2) is 5.13 Å². The van der Waals surface area contributed by atoms with E-state index in [0.717, 1.165) is 28.1 Å². The molecule has 0 aliphatic heterocycles. The Bertz CT molecular complexity index is 1080. The summed E-state index contributed by atoms with van der Waals surface area (Å²) in [7, 11) is 0. The first-order valence-corrected chi connectivity index (χ1v) is 9.22. The van der Waals surface area contributed by atoms with Crippen molar-refractivity contribution in [3.8, 4) is 11.3 Å². The number of fused-ring (bicyclic) bond motifs is 1. The second kappa shape index (κ2) is 6.72. The fourth-order valence-corrected chi connectivity index (χ4v) is 3.62. The summed E-state index contributed by atoms with van der Waals surface area (Å²) in [5.41, 5.74) is 4.98. The number of para-hydroxylation sites is 2. The van der Waals surface area contributed by atoms with Gasteiger partial charge in [-0.25, -0.2) is 9.97 Å². The van der Waals surface area contributed by atoms with Gasteiger partial charge in [-0.3, -0.25) is 4.79 Å². The highest BCUT2D eigenvalue weighted by molar-refractivity contribution is 7.14. The standard InChI is InChI=1S/C20H18N4OS/c1-13-7-9-15(10-8-13)17-12-26-20(22-17)23-19(25)11-24-14(2)21-16-5-3-4-6-18(16)24/h3-10,12H,11H2,1-2H3,(H,22,23,25). The number of nitrogens with one attached hydrogen (secondary N) is 1. The molecule has 0 atom stereocenters. The summed E-state index contributed by atoms with van der Waals surface area (Å²) in [6.07, 6.45) is 0. The SMILES string of the molecule is Cc1ccc(-c2csc(NC(=O)Cn3c(C)nc4ccccc43)n2)cc1. The molecule has 4 aromatic rings. The van der Waals surface area contributed by atoms with Gasteiger partial charge in [-0.1, -0.05) is 42.0 Å². The molecular formula is C20H18N4OS. The Morgan fingerprint density at radius 1 is 1.08 bits per heavy atom. The van der Waals surface area contributed by atoms with Crippen molar-refractivity contribution in [1.82, 2.24) is 14.5 Å². The number of hydrogen-bond donors (Lipinski definition) is 1. The number of aryl methyl sites for hydroxylation is 2. The Morgan fingerprint density at radius 3 is 2.65 bits per heavy atom. The third-order valence-corrected chi connectivity index (χ3v) is 5.00. The van der Waals surface area contributed by atoms with Crippen molar-refractivity contribution in [2.75, 3.05) is 5.32 Å². The molecule has 4 rings (SSSR count).